The molecule has 1 aromatic carbocycles. The summed E-state index contributed by atoms with van der Waals surface area (Å²) in [5, 5.41) is 0.215. The Labute approximate surface area is 191 Å². The lowest BCUT2D eigenvalue weighted by molar-refractivity contribution is -0.139. The molecule has 1 aliphatic rings. The molecule has 0 bridgehead atoms. The Morgan fingerprint density at radius 3 is 2.59 bits per heavy atom. The quantitative estimate of drug-likeness (QED) is 0.581. The van der Waals surface area contributed by atoms with Crippen molar-refractivity contribution in [2.75, 3.05) is 19.7 Å². The highest BCUT2D eigenvalue weighted by molar-refractivity contribution is 7.50. The number of hydrogen-bond donors (Lipinski definition) is 2. The van der Waals surface area contributed by atoms with Crippen LogP contribution in [-0.4, -0.2) is 62.3 Å². The molecule has 2 heterocycles. The van der Waals surface area contributed by atoms with Crippen LogP contribution in [0.2, 0.25) is 5.02 Å². The van der Waals surface area contributed by atoms with E-state index in [9.17, 15) is 23.5 Å². The van der Waals surface area contributed by atoms with Crippen molar-refractivity contribution >= 4 is 25.1 Å². The third-order valence-corrected chi connectivity index (χ3v) is 6.29. The van der Waals surface area contributed by atoms with E-state index in [1.165, 1.54) is 24.4 Å². The fourth-order valence-electron chi connectivity index (χ4n) is 3.74. The molecule has 1 fully saturated rings. The summed E-state index contributed by atoms with van der Waals surface area (Å²) in [6.45, 7) is 5.46. The van der Waals surface area contributed by atoms with Crippen LogP contribution in [0.5, 0.6) is 5.88 Å². The first kappa shape index (κ1) is 24.6. The van der Waals surface area contributed by atoms with Crippen LogP contribution in [0.1, 0.15) is 25.0 Å². The molecular weight excluding hydrogens is 460 g/mol. The van der Waals surface area contributed by atoms with Crippen molar-refractivity contribution in [2.24, 2.45) is 0 Å². The molecule has 3 rings (SSSR count). The number of rotatable bonds is 7. The largest absolute Gasteiger partial charge is 0.467 e. The van der Waals surface area contributed by atoms with Gasteiger partial charge >= 0.3 is 7.60 Å². The van der Waals surface area contributed by atoms with Gasteiger partial charge in [0.2, 0.25) is 5.88 Å². The molecular formula is C21H26ClFN3O5P. The Balaban J connectivity index is 1.61. The van der Waals surface area contributed by atoms with Crippen LogP contribution in [0.15, 0.2) is 36.5 Å². The minimum atomic E-state index is -4.37. The number of pyridine rings is 1. The van der Waals surface area contributed by atoms with Crippen LogP contribution in [0.4, 0.5) is 4.39 Å². The molecule has 8 nitrogen and oxygen atoms in total. The highest BCUT2D eigenvalue weighted by Crippen LogP contribution is 2.41. The Morgan fingerprint density at radius 1 is 1.25 bits per heavy atom. The average molecular weight is 486 g/mol. The number of halogens is 2. The first-order chi connectivity index (χ1) is 15.0. The molecule has 2 N–H and O–H groups in total. The Morgan fingerprint density at radius 2 is 1.94 bits per heavy atom. The van der Waals surface area contributed by atoms with Gasteiger partial charge in [0.1, 0.15) is 5.82 Å². The summed E-state index contributed by atoms with van der Waals surface area (Å²) in [5.74, 6) is -0.545. The number of aromatic nitrogens is 1. The van der Waals surface area contributed by atoms with E-state index >= 15 is 0 Å². The van der Waals surface area contributed by atoms with Gasteiger partial charge in [0.05, 0.1) is 11.2 Å². The van der Waals surface area contributed by atoms with Gasteiger partial charge in [-0.1, -0.05) is 23.7 Å². The summed E-state index contributed by atoms with van der Waals surface area (Å²) in [6, 6.07) is 7.76. The second-order valence-electron chi connectivity index (χ2n) is 8.03. The molecule has 1 aliphatic heterocycles. The van der Waals surface area contributed by atoms with Crippen LogP contribution in [0, 0.1) is 5.82 Å². The first-order valence-electron chi connectivity index (χ1n) is 10.1. The SMILES string of the molecule is C[C@@H]1CN(Cc2ccc(F)cc2)[C@@H](C)CN1C(=O)COc1ncc(Cl)cc1CP(=O)(O)O. The number of hydrogen-bond acceptors (Lipinski definition) is 5. The maximum absolute atomic E-state index is 13.1. The van der Waals surface area contributed by atoms with Crippen LogP contribution in [-0.2, 0) is 22.1 Å². The van der Waals surface area contributed by atoms with E-state index in [2.05, 4.69) is 9.88 Å². The van der Waals surface area contributed by atoms with Crippen molar-refractivity contribution in [1.82, 2.24) is 14.8 Å². The van der Waals surface area contributed by atoms with Crippen LogP contribution >= 0.6 is 19.2 Å². The van der Waals surface area contributed by atoms with Crippen molar-refractivity contribution in [3.05, 3.63) is 58.5 Å². The van der Waals surface area contributed by atoms with Crippen molar-refractivity contribution in [2.45, 2.75) is 38.6 Å². The van der Waals surface area contributed by atoms with E-state index < -0.39 is 13.8 Å². The number of ether oxygens (including phenoxy) is 1. The molecule has 1 saturated heterocycles. The van der Waals surface area contributed by atoms with Gasteiger partial charge in [-0.05, 0) is 37.6 Å². The minimum absolute atomic E-state index is 0.0262. The highest BCUT2D eigenvalue weighted by atomic mass is 35.5. The summed E-state index contributed by atoms with van der Waals surface area (Å²) >= 11 is 5.88. The second-order valence-corrected chi connectivity index (χ2v) is 10.1. The Kier molecular flexibility index (Phi) is 7.90. The molecule has 11 heteroatoms. The van der Waals surface area contributed by atoms with E-state index in [1.54, 1.807) is 17.0 Å². The van der Waals surface area contributed by atoms with Crippen LogP contribution in [0.3, 0.4) is 0 Å². The predicted octanol–water partition coefficient (Wildman–Crippen LogP) is 3.05. The van der Waals surface area contributed by atoms with Crippen molar-refractivity contribution in [3.63, 3.8) is 0 Å². The maximum Gasteiger partial charge on any atom is 0.330 e. The van der Waals surface area contributed by atoms with Crippen molar-refractivity contribution in [1.29, 1.82) is 0 Å². The average Bonchev–Trinajstić information content (AvgIpc) is 2.70. The van der Waals surface area contributed by atoms with Crippen molar-refractivity contribution < 1.29 is 28.3 Å². The molecule has 0 spiro atoms. The van der Waals surface area contributed by atoms with Crippen LogP contribution in [0.25, 0.3) is 0 Å². The van der Waals surface area contributed by atoms with Gasteiger partial charge in [0, 0.05) is 43.5 Å². The normalized spacial score (nSPS) is 19.8. The molecule has 1 amide bonds. The van der Waals surface area contributed by atoms with Gasteiger partial charge in [0.25, 0.3) is 5.91 Å². The Hall–Kier alpha value is -2.03. The lowest BCUT2D eigenvalue weighted by Crippen LogP contribution is -2.58. The van der Waals surface area contributed by atoms with Gasteiger partial charge in [0.15, 0.2) is 6.61 Å². The molecule has 0 unspecified atom stereocenters. The summed E-state index contributed by atoms with van der Waals surface area (Å²) in [7, 11) is -4.37. The molecule has 2 atom stereocenters. The number of benzene rings is 1. The molecule has 174 valence electrons. The predicted molar refractivity (Wildman–Crippen MR) is 118 cm³/mol. The molecule has 1 aromatic heterocycles. The van der Waals surface area contributed by atoms with E-state index in [1.807, 2.05) is 13.8 Å². The Bertz CT molecular complexity index is 1000. The zero-order valence-corrected chi connectivity index (χ0v) is 19.5. The summed E-state index contributed by atoms with van der Waals surface area (Å²) in [4.78, 5) is 39.3. The van der Waals surface area contributed by atoms with Crippen molar-refractivity contribution in [3.8, 4) is 5.88 Å². The number of carbonyl (C=O) groups is 1. The van der Waals surface area contributed by atoms with Gasteiger partial charge in [-0.2, -0.15) is 0 Å². The smallest absolute Gasteiger partial charge is 0.330 e. The zero-order valence-electron chi connectivity index (χ0n) is 17.8. The van der Waals surface area contributed by atoms with Gasteiger partial charge < -0.3 is 19.4 Å². The van der Waals surface area contributed by atoms with Crippen LogP contribution < -0.4 is 4.74 Å². The third-order valence-electron chi connectivity index (χ3n) is 5.33. The fraction of sp³-hybridized carbons (Fsp3) is 0.429. The van der Waals surface area contributed by atoms with Gasteiger partial charge in [-0.15, -0.1) is 0 Å². The number of amides is 1. The van der Waals surface area contributed by atoms with Gasteiger partial charge in [-0.3, -0.25) is 14.3 Å². The number of carbonyl (C=O) groups excluding carboxylic acids is 1. The minimum Gasteiger partial charge on any atom is -0.467 e. The molecule has 0 saturated carbocycles. The van der Waals surface area contributed by atoms with E-state index in [-0.39, 0.29) is 46.9 Å². The van der Waals surface area contributed by atoms with E-state index in [0.717, 1.165) is 5.56 Å². The topological polar surface area (TPSA) is 103 Å². The second kappa shape index (κ2) is 10.3. The lowest BCUT2D eigenvalue weighted by Gasteiger charge is -2.44. The monoisotopic (exact) mass is 485 g/mol. The summed E-state index contributed by atoms with van der Waals surface area (Å²) < 4.78 is 30.0. The summed E-state index contributed by atoms with van der Waals surface area (Å²) in [6.07, 6.45) is 0.711. The molecule has 0 radical (unpaired) electrons. The standard InChI is InChI=1S/C21H26ClFN3O5P/c1-14-10-26(15(2)9-25(14)11-16-3-5-19(23)6-4-16)20(27)12-31-21-17(13-32(28,29)30)7-18(22)8-24-21/h3-8,14-15H,9-13H2,1-2H3,(H2,28,29,30)/t14-,15+/m0/s1. The molecule has 0 aliphatic carbocycles. The maximum atomic E-state index is 13.1. The number of nitrogens with zero attached hydrogens (tertiary/aromatic N) is 3. The van der Waals surface area contributed by atoms with E-state index in [0.29, 0.717) is 19.6 Å². The fourth-order valence-corrected chi connectivity index (χ4v) is 4.59. The third kappa shape index (κ3) is 6.73. The lowest BCUT2D eigenvalue weighted by atomic mass is 10.1. The van der Waals surface area contributed by atoms with Gasteiger partial charge in [-0.25, -0.2) is 9.37 Å². The van der Waals surface area contributed by atoms with E-state index in [4.69, 9.17) is 16.3 Å². The molecule has 32 heavy (non-hydrogen) atoms. The zero-order chi connectivity index (χ0) is 23.5. The molecule has 2 aromatic rings. The highest BCUT2D eigenvalue weighted by Gasteiger charge is 2.32. The first-order valence-corrected chi connectivity index (χ1v) is 12.3. The summed E-state index contributed by atoms with van der Waals surface area (Å²) in [5.41, 5.74) is 1.14. The number of piperazine rings is 1.